The number of hydrogen-bond acceptors (Lipinski definition) is 5. The van der Waals surface area contributed by atoms with E-state index in [-0.39, 0.29) is 5.97 Å². The summed E-state index contributed by atoms with van der Waals surface area (Å²) in [6.07, 6.45) is 0. The van der Waals surface area contributed by atoms with E-state index in [1.54, 1.807) is 6.92 Å². The third-order valence-electron chi connectivity index (χ3n) is 2.69. The summed E-state index contributed by atoms with van der Waals surface area (Å²) in [5.41, 5.74) is 3.11. The molecule has 0 aliphatic heterocycles. The molecule has 0 bridgehead atoms. The molecule has 0 fully saturated rings. The number of carbonyl (C=O) groups excluding carboxylic acids is 1. The fourth-order valence-corrected chi connectivity index (χ4v) is 2.63. The van der Waals surface area contributed by atoms with Gasteiger partial charge in [0.25, 0.3) is 0 Å². The van der Waals surface area contributed by atoms with Crippen molar-refractivity contribution in [3.05, 3.63) is 46.0 Å². The molecular formula is C14H16N2O2S. The minimum Gasteiger partial charge on any atom is -0.465 e. The number of rotatable bonds is 4. The van der Waals surface area contributed by atoms with Crippen molar-refractivity contribution in [1.29, 1.82) is 0 Å². The predicted octanol–water partition coefficient (Wildman–Crippen LogP) is 3.16. The zero-order valence-corrected chi connectivity index (χ0v) is 12.0. The lowest BCUT2D eigenvalue weighted by molar-refractivity contribution is 0.0605. The van der Waals surface area contributed by atoms with Gasteiger partial charge in [-0.1, -0.05) is 41.2 Å². The first kappa shape index (κ1) is 13.5. The molecule has 0 spiro atoms. The van der Waals surface area contributed by atoms with Crippen LogP contribution in [0.15, 0.2) is 24.3 Å². The molecule has 1 aromatic heterocycles. The van der Waals surface area contributed by atoms with Crippen molar-refractivity contribution >= 4 is 22.4 Å². The number of nitrogens with zero attached hydrogens (tertiary/aromatic N) is 1. The fourth-order valence-electron chi connectivity index (χ4n) is 1.75. The Morgan fingerprint density at radius 3 is 2.89 bits per heavy atom. The highest BCUT2D eigenvalue weighted by Crippen LogP contribution is 2.23. The lowest BCUT2D eigenvalue weighted by atomic mass is 10.1. The van der Waals surface area contributed by atoms with Gasteiger partial charge in [-0.15, -0.1) is 0 Å². The maximum Gasteiger partial charge on any atom is 0.350 e. The highest BCUT2D eigenvalue weighted by Gasteiger charge is 2.15. The standard InChI is InChI=1S/C14H16N2O2S/c1-9-5-4-6-11(7-9)8-15-14-16-10(2)12(19-14)13(17)18-3/h4-7H,8H2,1-3H3,(H,15,16). The Kier molecular flexibility index (Phi) is 4.16. The first-order valence-electron chi connectivity index (χ1n) is 5.95. The molecule has 2 aromatic rings. The van der Waals surface area contributed by atoms with Gasteiger partial charge in [-0.05, 0) is 19.4 Å². The average Bonchev–Trinajstić information content (AvgIpc) is 2.77. The number of aromatic nitrogens is 1. The quantitative estimate of drug-likeness (QED) is 0.872. The van der Waals surface area contributed by atoms with E-state index in [2.05, 4.69) is 35.4 Å². The summed E-state index contributed by atoms with van der Waals surface area (Å²) in [6.45, 7) is 4.56. The summed E-state index contributed by atoms with van der Waals surface area (Å²) in [6, 6.07) is 8.27. The van der Waals surface area contributed by atoms with E-state index < -0.39 is 0 Å². The molecular weight excluding hydrogens is 260 g/mol. The molecule has 19 heavy (non-hydrogen) atoms. The predicted molar refractivity (Wildman–Crippen MR) is 76.7 cm³/mol. The molecule has 1 aromatic carbocycles. The van der Waals surface area contributed by atoms with Crippen molar-refractivity contribution in [2.24, 2.45) is 0 Å². The van der Waals surface area contributed by atoms with Gasteiger partial charge < -0.3 is 10.1 Å². The van der Waals surface area contributed by atoms with Crippen molar-refractivity contribution in [2.75, 3.05) is 12.4 Å². The van der Waals surface area contributed by atoms with Crippen LogP contribution in [0.1, 0.15) is 26.5 Å². The van der Waals surface area contributed by atoms with Crippen LogP contribution < -0.4 is 5.32 Å². The van der Waals surface area contributed by atoms with E-state index in [1.807, 2.05) is 6.07 Å². The van der Waals surface area contributed by atoms with Crippen LogP contribution in [0.2, 0.25) is 0 Å². The first-order valence-corrected chi connectivity index (χ1v) is 6.77. The van der Waals surface area contributed by atoms with Gasteiger partial charge in [-0.2, -0.15) is 0 Å². The van der Waals surface area contributed by atoms with Gasteiger partial charge in [-0.3, -0.25) is 0 Å². The fraction of sp³-hybridized carbons (Fsp3) is 0.286. The highest BCUT2D eigenvalue weighted by atomic mass is 32.1. The molecule has 2 rings (SSSR count). The van der Waals surface area contributed by atoms with Crippen LogP contribution in [0.3, 0.4) is 0 Å². The second-order valence-corrected chi connectivity index (χ2v) is 5.27. The summed E-state index contributed by atoms with van der Waals surface area (Å²) in [7, 11) is 1.38. The van der Waals surface area contributed by atoms with Crippen molar-refractivity contribution in [3.63, 3.8) is 0 Å². The zero-order valence-electron chi connectivity index (χ0n) is 11.2. The summed E-state index contributed by atoms with van der Waals surface area (Å²) in [4.78, 5) is 16.4. The molecule has 4 nitrogen and oxygen atoms in total. The largest absolute Gasteiger partial charge is 0.465 e. The SMILES string of the molecule is COC(=O)c1sc(NCc2cccc(C)c2)nc1C. The van der Waals surface area contributed by atoms with Crippen molar-refractivity contribution < 1.29 is 9.53 Å². The van der Waals surface area contributed by atoms with E-state index in [4.69, 9.17) is 4.74 Å². The molecule has 0 saturated heterocycles. The Labute approximate surface area is 116 Å². The van der Waals surface area contributed by atoms with Crippen molar-refractivity contribution in [2.45, 2.75) is 20.4 Å². The van der Waals surface area contributed by atoms with E-state index in [9.17, 15) is 4.79 Å². The topological polar surface area (TPSA) is 51.2 Å². The van der Waals surface area contributed by atoms with Crippen molar-refractivity contribution in [3.8, 4) is 0 Å². The number of benzene rings is 1. The molecule has 100 valence electrons. The van der Waals surface area contributed by atoms with Crippen LogP contribution in [0.5, 0.6) is 0 Å². The van der Waals surface area contributed by atoms with Gasteiger partial charge in [0.15, 0.2) is 5.13 Å². The normalized spacial score (nSPS) is 10.3. The summed E-state index contributed by atoms with van der Waals surface area (Å²) < 4.78 is 4.71. The minimum atomic E-state index is -0.335. The summed E-state index contributed by atoms with van der Waals surface area (Å²) >= 11 is 1.32. The number of ether oxygens (including phenoxy) is 1. The smallest absolute Gasteiger partial charge is 0.350 e. The summed E-state index contributed by atoms with van der Waals surface area (Å²) in [5, 5.41) is 3.96. The van der Waals surface area contributed by atoms with Gasteiger partial charge in [0.05, 0.1) is 12.8 Å². The molecule has 0 aliphatic rings. The number of thiazole rings is 1. The van der Waals surface area contributed by atoms with Crippen LogP contribution in [0, 0.1) is 13.8 Å². The Morgan fingerprint density at radius 2 is 2.21 bits per heavy atom. The molecule has 0 atom stereocenters. The molecule has 5 heteroatoms. The monoisotopic (exact) mass is 276 g/mol. The molecule has 0 saturated carbocycles. The van der Waals surface area contributed by atoms with Gasteiger partial charge in [-0.25, -0.2) is 9.78 Å². The van der Waals surface area contributed by atoms with E-state index in [0.29, 0.717) is 17.1 Å². The van der Waals surface area contributed by atoms with Gasteiger partial charge >= 0.3 is 5.97 Å². The zero-order chi connectivity index (χ0) is 13.8. The maximum absolute atomic E-state index is 11.5. The number of methoxy groups -OCH3 is 1. The van der Waals surface area contributed by atoms with E-state index >= 15 is 0 Å². The van der Waals surface area contributed by atoms with Gasteiger partial charge in [0, 0.05) is 6.54 Å². The first-order chi connectivity index (χ1) is 9.10. The highest BCUT2D eigenvalue weighted by molar-refractivity contribution is 7.17. The summed E-state index contributed by atoms with van der Waals surface area (Å²) in [5.74, 6) is -0.335. The molecule has 0 radical (unpaired) electrons. The van der Waals surface area contributed by atoms with E-state index in [0.717, 1.165) is 5.13 Å². The lowest BCUT2D eigenvalue weighted by Gasteiger charge is -2.03. The Morgan fingerprint density at radius 1 is 1.42 bits per heavy atom. The average molecular weight is 276 g/mol. The van der Waals surface area contributed by atoms with Crippen LogP contribution in [0.4, 0.5) is 5.13 Å². The third kappa shape index (κ3) is 3.32. The molecule has 0 unspecified atom stereocenters. The third-order valence-corrected chi connectivity index (χ3v) is 3.79. The number of carbonyl (C=O) groups is 1. The Hall–Kier alpha value is -1.88. The van der Waals surface area contributed by atoms with Crippen LogP contribution in [-0.2, 0) is 11.3 Å². The van der Waals surface area contributed by atoms with E-state index in [1.165, 1.54) is 29.6 Å². The number of esters is 1. The Balaban J connectivity index is 2.06. The molecule has 1 heterocycles. The Bertz CT molecular complexity index is 593. The molecule has 0 amide bonds. The van der Waals surface area contributed by atoms with Crippen molar-refractivity contribution in [1.82, 2.24) is 4.98 Å². The van der Waals surface area contributed by atoms with Gasteiger partial charge in [0.2, 0.25) is 0 Å². The number of hydrogen-bond donors (Lipinski definition) is 1. The maximum atomic E-state index is 11.5. The minimum absolute atomic E-state index is 0.335. The second kappa shape index (κ2) is 5.84. The van der Waals surface area contributed by atoms with Crippen LogP contribution >= 0.6 is 11.3 Å². The molecule has 0 aliphatic carbocycles. The number of nitrogens with one attached hydrogen (secondary N) is 1. The van der Waals surface area contributed by atoms with Crippen LogP contribution in [0.25, 0.3) is 0 Å². The molecule has 1 N–H and O–H groups in total. The van der Waals surface area contributed by atoms with Crippen LogP contribution in [-0.4, -0.2) is 18.1 Å². The number of anilines is 1. The lowest BCUT2D eigenvalue weighted by Crippen LogP contribution is -1.99. The number of aryl methyl sites for hydroxylation is 2. The van der Waals surface area contributed by atoms with Gasteiger partial charge in [0.1, 0.15) is 4.88 Å². The second-order valence-electron chi connectivity index (χ2n) is 4.27.